The number of rotatable bonds is 7. The fourth-order valence-corrected chi connectivity index (χ4v) is 3.11. The minimum atomic E-state index is -0.168. The molecule has 26 heavy (non-hydrogen) atoms. The largest absolute Gasteiger partial charge is 0.472 e. The molecule has 0 atom stereocenters. The number of piperazine rings is 1. The predicted octanol–water partition coefficient (Wildman–Crippen LogP) is 2.07. The summed E-state index contributed by atoms with van der Waals surface area (Å²) in [6, 6.07) is 5.24. The Bertz CT molecular complexity index is 688. The van der Waals surface area contributed by atoms with Crippen LogP contribution in [0.2, 0.25) is 0 Å². The van der Waals surface area contributed by atoms with Crippen molar-refractivity contribution in [3.8, 4) is 0 Å². The van der Waals surface area contributed by atoms with Gasteiger partial charge in [0.05, 0.1) is 24.6 Å². The third-order valence-electron chi connectivity index (χ3n) is 4.75. The van der Waals surface area contributed by atoms with Crippen LogP contribution in [0.1, 0.15) is 29.5 Å². The van der Waals surface area contributed by atoms with Gasteiger partial charge in [0.15, 0.2) is 0 Å². The van der Waals surface area contributed by atoms with Crippen molar-refractivity contribution in [1.29, 1.82) is 0 Å². The minimum absolute atomic E-state index is 0.0881. The second kappa shape index (κ2) is 8.71. The highest BCUT2D eigenvalue weighted by Gasteiger charge is 2.23. The van der Waals surface area contributed by atoms with Gasteiger partial charge >= 0.3 is 0 Å². The molecule has 0 aromatic carbocycles. The third kappa shape index (κ3) is 4.54. The lowest BCUT2D eigenvalue weighted by molar-refractivity contribution is -0.133. The van der Waals surface area contributed by atoms with Crippen LogP contribution in [0, 0.1) is 0 Å². The molecule has 7 nitrogen and oxygen atoms in total. The quantitative estimate of drug-likeness (QED) is 0.757. The molecular formula is C19H25N3O4. The van der Waals surface area contributed by atoms with Crippen molar-refractivity contribution in [2.75, 3.05) is 39.3 Å². The van der Waals surface area contributed by atoms with E-state index in [4.69, 9.17) is 8.83 Å². The first-order valence-electron chi connectivity index (χ1n) is 9.01. The molecule has 0 spiro atoms. The van der Waals surface area contributed by atoms with Gasteiger partial charge in [0.25, 0.3) is 5.91 Å². The maximum Gasteiger partial charge on any atom is 0.257 e. The van der Waals surface area contributed by atoms with Gasteiger partial charge in [-0.1, -0.05) is 6.92 Å². The van der Waals surface area contributed by atoms with E-state index in [1.807, 2.05) is 11.0 Å². The van der Waals surface area contributed by atoms with E-state index in [9.17, 15) is 9.59 Å². The Labute approximate surface area is 153 Å². The number of nitrogens with zero attached hydrogens (tertiary/aromatic N) is 3. The van der Waals surface area contributed by atoms with Crippen molar-refractivity contribution < 1.29 is 18.4 Å². The molecule has 0 aliphatic carbocycles. The standard InChI is InChI=1S/C19H25N3O4/c1-2-20-8-10-21(11-9-20)18(23)5-7-22(14-17-4-3-12-26-17)19(24)16-6-13-25-15-16/h3-4,6,12-13,15H,2,5,7-11,14H2,1H3. The molecule has 1 aliphatic rings. The van der Waals surface area contributed by atoms with E-state index in [2.05, 4.69) is 11.8 Å². The van der Waals surface area contributed by atoms with Gasteiger partial charge in [-0.05, 0) is 24.7 Å². The summed E-state index contributed by atoms with van der Waals surface area (Å²) in [5.74, 6) is 0.606. The Hall–Kier alpha value is -2.54. The third-order valence-corrected chi connectivity index (χ3v) is 4.75. The molecule has 1 saturated heterocycles. The first-order valence-corrected chi connectivity index (χ1v) is 9.01. The molecule has 2 aromatic rings. The number of carbonyl (C=O) groups is 2. The second-order valence-electron chi connectivity index (χ2n) is 6.38. The highest BCUT2D eigenvalue weighted by Crippen LogP contribution is 2.13. The molecule has 0 unspecified atom stereocenters. The van der Waals surface area contributed by atoms with Crippen molar-refractivity contribution in [2.24, 2.45) is 0 Å². The first-order chi connectivity index (χ1) is 12.7. The highest BCUT2D eigenvalue weighted by molar-refractivity contribution is 5.94. The maximum atomic E-state index is 12.7. The number of hydrogen-bond donors (Lipinski definition) is 0. The van der Waals surface area contributed by atoms with E-state index in [1.54, 1.807) is 23.3 Å². The molecule has 0 saturated carbocycles. The molecule has 0 bridgehead atoms. The maximum absolute atomic E-state index is 12.7. The number of likely N-dealkylation sites (N-methyl/N-ethyl adjacent to an activating group) is 1. The van der Waals surface area contributed by atoms with E-state index < -0.39 is 0 Å². The van der Waals surface area contributed by atoms with Gasteiger partial charge in [0.1, 0.15) is 12.0 Å². The second-order valence-corrected chi connectivity index (χ2v) is 6.38. The summed E-state index contributed by atoms with van der Waals surface area (Å²) in [7, 11) is 0. The molecule has 7 heteroatoms. The zero-order valence-electron chi connectivity index (χ0n) is 15.1. The predicted molar refractivity (Wildman–Crippen MR) is 95.5 cm³/mol. The molecule has 1 fully saturated rings. The van der Waals surface area contributed by atoms with Crippen LogP contribution in [0.15, 0.2) is 45.8 Å². The molecule has 3 heterocycles. The van der Waals surface area contributed by atoms with Crippen LogP contribution in [0.25, 0.3) is 0 Å². The Balaban J connectivity index is 1.58. The van der Waals surface area contributed by atoms with E-state index in [-0.39, 0.29) is 11.8 Å². The minimum Gasteiger partial charge on any atom is -0.472 e. The van der Waals surface area contributed by atoms with Crippen LogP contribution in [0.4, 0.5) is 0 Å². The van der Waals surface area contributed by atoms with E-state index >= 15 is 0 Å². The summed E-state index contributed by atoms with van der Waals surface area (Å²) >= 11 is 0. The molecule has 140 valence electrons. The van der Waals surface area contributed by atoms with Crippen LogP contribution in [-0.2, 0) is 11.3 Å². The summed E-state index contributed by atoms with van der Waals surface area (Å²) in [5.41, 5.74) is 0.473. The van der Waals surface area contributed by atoms with Gasteiger partial charge in [0, 0.05) is 39.1 Å². The highest BCUT2D eigenvalue weighted by atomic mass is 16.3. The summed E-state index contributed by atoms with van der Waals surface area (Å²) < 4.78 is 10.4. The monoisotopic (exact) mass is 359 g/mol. The van der Waals surface area contributed by atoms with Crippen molar-refractivity contribution in [1.82, 2.24) is 14.7 Å². The molecule has 2 amide bonds. The van der Waals surface area contributed by atoms with Crippen LogP contribution < -0.4 is 0 Å². The molecule has 1 aliphatic heterocycles. The Morgan fingerprint density at radius 3 is 2.58 bits per heavy atom. The smallest absolute Gasteiger partial charge is 0.257 e. The fourth-order valence-electron chi connectivity index (χ4n) is 3.11. The summed E-state index contributed by atoms with van der Waals surface area (Å²) in [4.78, 5) is 31.1. The molecule has 0 N–H and O–H groups in total. The van der Waals surface area contributed by atoms with Gasteiger partial charge in [-0.25, -0.2) is 0 Å². The Morgan fingerprint density at radius 2 is 1.96 bits per heavy atom. The van der Waals surface area contributed by atoms with E-state index in [1.165, 1.54) is 12.5 Å². The van der Waals surface area contributed by atoms with Gasteiger partial charge in [-0.3, -0.25) is 9.59 Å². The van der Waals surface area contributed by atoms with Crippen molar-refractivity contribution in [3.05, 3.63) is 48.3 Å². The topological polar surface area (TPSA) is 70.1 Å². The number of hydrogen-bond acceptors (Lipinski definition) is 5. The lowest BCUT2D eigenvalue weighted by atomic mass is 10.2. The lowest BCUT2D eigenvalue weighted by Crippen LogP contribution is -2.49. The Kier molecular flexibility index (Phi) is 6.12. The summed E-state index contributed by atoms with van der Waals surface area (Å²) in [6.45, 7) is 7.13. The van der Waals surface area contributed by atoms with Crippen LogP contribution >= 0.6 is 0 Å². The lowest BCUT2D eigenvalue weighted by Gasteiger charge is -2.34. The molecule has 3 rings (SSSR count). The van der Waals surface area contributed by atoms with Crippen LogP contribution in [0.5, 0.6) is 0 Å². The normalized spacial score (nSPS) is 15.2. The zero-order valence-corrected chi connectivity index (χ0v) is 15.1. The van der Waals surface area contributed by atoms with E-state index in [0.29, 0.717) is 30.8 Å². The molecule has 0 radical (unpaired) electrons. The average molecular weight is 359 g/mol. The molecule has 2 aromatic heterocycles. The zero-order chi connectivity index (χ0) is 18.4. The molecular weight excluding hydrogens is 334 g/mol. The average Bonchev–Trinajstić information content (AvgIpc) is 3.38. The van der Waals surface area contributed by atoms with Crippen molar-refractivity contribution in [2.45, 2.75) is 19.9 Å². The van der Waals surface area contributed by atoms with Crippen LogP contribution in [-0.4, -0.2) is 65.8 Å². The number of carbonyl (C=O) groups excluding carboxylic acids is 2. The van der Waals surface area contributed by atoms with Crippen molar-refractivity contribution >= 4 is 11.8 Å². The van der Waals surface area contributed by atoms with Gasteiger partial charge in [0.2, 0.25) is 5.91 Å². The first kappa shape index (κ1) is 18.3. The number of amides is 2. The number of furan rings is 2. The Morgan fingerprint density at radius 1 is 1.15 bits per heavy atom. The summed E-state index contributed by atoms with van der Waals surface area (Å²) in [6.07, 6.45) is 4.77. The van der Waals surface area contributed by atoms with E-state index in [0.717, 1.165) is 32.7 Å². The van der Waals surface area contributed by atoms with Crippen molar-refractivity contribution in [3.63, 3.8) is 0 Å². The summed E-state index contributed by atoms with van der Waals surface area (Å²) in [5, 5.41) is 0. The SMILES string of the molecule is CCN1CCN(C(=O)CCN(Cc2ccco2)C(=O)c2ccoc2)CC1. The van der Waals surface area contributed by atoms with Gasteiger partial charge in [-0.2, -0.15) is 0 Å². The fraction of sp³-hybridized carbons (Fsp3) is 0.474. The van der Waals surface area contributed by atoms with Gasteiger partial charge in [-0.15, -0.1) is 0 Å². The van der Waals surface area contributed by atoms with Crippen LogP contribution in [0.3, 0.4) is 0 Å². The van der Waals surface area contributed by atoms with Gasteiger partial charge < -0.3 is 23.5 Å².